The zero-order chi connectivity index (χ0) is 15.2. The number of ketones is 1. The van der Waals surface area contributed by atoms with Gasteiger partial charge in [-0.15, -0.1) is 0 Å². The maximum atomic E-state index is 12.0. The van der Waals surface area contributed by atoms with E-state index < -0.39 is 0 Å². The lowest BCUT2D eigenvalue weighted by Gasteiger charge is -2.14. The third-order valence-electron chi connectivity index (χ3n) is 3.29. The van der Waals surface area contributed by atoms with Crippen LogP contribution in [0.15, 0.2) is 42.5 Å². The number of rotatable bonds is 6. The molecule has 0 fully saturated rings. The van der Waals surface area contributed by atoms with Crippen LogP contribution < -0.4 is 9.47 Å². The minimum atomic E-state index is 0.0492. The van der Waals surface area contributed by atoms with Crippen molar-refractivity contribution in [2.75, 3.05) is 7.11 Å². The summed E-state index contributed by atoms with van der Waals surface area (Å²) in [5, 5.41) is 0. The SMILES string of the molecule is CCC(=O)c1cccc(OC)c1OCc1cccc(C)c1. The van der Waals surface area contributed by atoms with E-state index in [1.54, 1.807) is 25.3 Å². The second-order valence-electron chi connectivity index (χ2n) is 4.89. The van der Waals surface area contributed by atoms with Crippen molar-refractivity contribution in [2.24, 2.45) is 0 Å². The quantitative estimate of drug-likeness (QED) is 0.747. The lowest BCUT2D eigenvalue weighted by molar-refractivity contribution is 0.0983. The monoisotopic (exact) mass is 284 g/mol. The minimum absolute atomic E-state index is 0.0492. The number of ether oxygens (including phenoxy) is 2. The third kappa shape index (κ3) is 3.63. The van der Waals surface area contributed by atoms with Gasteiger partial charge in [-0.2, -0.15) is 0 Å². The van der Waals surface area contributed by atoms with Crippen molar-refractivity contribution in [3.63, 3.8) is 0 Å². The molecule has 0 aromatic heterocycles. The molecule has 0 spiro atoms. The molecule has 0 radical (unpaired) electrons. The van der Waals surface area contributed by atoms with E-state index in [0.29, 0.717) is 30.1 Å². The smallest absolute Gasteiger partial charge is 0.172 e. The average molecular weight is 284 g/mol. The van der Waals surface area contributed by atoms with E-state index in [1.807, 2.05) is 32.0 Å². The van der Waals surface area contributed by atoms with Crippen LogP contribution in [0.2, 0.25) is 0 Å². The summed E-state index contributed by atoms with van der Waals surface area (Å²) >= 11 is 0. The Balaban J connectivity index is 2.27. The Labute approximate surface area is 125 Å². The van der Waals surface area contributed by atoms with E-state index in [-0.39, 0.29) is 5.78 Å². The number of carbonyl (C=O) groups is 1. The van der Waals surface area contributed by atoms with Gasteiger partial charge in [-0.3, -0.25) is 4.79 Å². The van der Waals surface area contributed by atoms with Gasteiger partial charge in [0.2, 0.25) is 0 Å². The van der Waals surface area contributed by atoms with Crippen LogP contribution >= 0.6 is 0 Å². The molecule has 0 amide bonds. The molecule has 0 aliphatic rings. The molecule has 0 aliphatic heterocycles. The summed E-state index contributed by atoms with van der Waals surface area (Å²) in [6.45, 7) is 4.29. The molecular weight excluding hydrogens is 264 g/mol. The predicted octanol–water partition coefficient (Wildman–Crippen LogP) is 4.18. The number of para-hydroxylation sites is 1. The van der Waals surface area contributed by atoms with Gasteiger partial charge in [0.1, 0.15) is 6.61 Å². The van der Waals surface area contributed by atoms with Crippen LogP contribution in [0.25, 0.3) is 0 Å². The molecule has 0 N–H and O–H groups in total. The number of Topliss-reactive ketones (excluding diaryl/α,β-unsaturated/α-hetero) is 1. The molecule has 0 heterocycles. The second-order valence-corrected chi connectivity index (χ2v) is 4.89. The normalized spacial score (nSPS) is 10.2. The molecule has 2 aromatic rings. The summed E-state index contributed by atoms with van der Waals surface area (Å²) in [5.41, 5.74) is 2.82. The first-order valence-electron chi connectivity index (χ1n) is 7.04. The van der Waals surface area contributed by atoms with Gasteiger partial charge in [0.05, 0.1) is 12.7 Å². The van der Waals surface area contributed by atoms with Crippen LogP contribution in [-0.4, -0.2) is 12.9 Å². The van der Waals surface area contributed by atoms with Crippen molar-refractivity contribution >= 4 is 5.78 Å². The van der Waals surface area contributed by atoms with Crippen LogP contribution in [0.3, 0.4) is 0 Å². The fraction of sp³-hybridized carbons (Fsp3) is 0.278. The summed E-state index contributed by atoms with van der Waals surface area (Å²) in [6.07, 6.45) is 0.438. The van der Waals surface area contributed by atoms with Gasteiger partial charge < -0.3 is 9.47 Å². The van der Waals surface area contributed by atoms with Gasteiger partial charge in [0.25, 0.3) is 0 Å². The topological polar surface area (TPSA) is 35.5 Å². The summed E-state index contributed by atoms with van der Waals surface area (Å²) in [5.74, 6) is 1.16. The lowest BCUT2D eigenvalue weighted by atomic mass is 10.1. The number of carbonyl (C=O) groups excluding carboxylic acids is 1. The number of hydrogen-bond donors (Lipinski definition) is 0. The Morgan fingerprint density at radius 3 is 2.57 bits per heavy atom. The van der Waals surface area contributed by atoms with Crippen LogP contribution in [0.1, 0.15) is 34.8 Å². The first-order chi connectivity index (χ1) is 10.2. The summed E-state index contributed by atoms with van der Waals surface area (Å²) in [4.78, 5) is 12.0. The highest BCUT2D eigenvalue weighted by atomic mass is 16.5. The standard InChI is InChI=1S/C18H20O3/c1-4-16(19)15-9-6-10-17(20-3)18(15)21-12-14-8-5-7-13(2)11-14/h5-11H,4,12H2,1-3H3. The molecule has 2 rings (SSSR count). The van der Waals surface area contributed by atoms with Crippen molar-refractivity contribution in [1.82, 2.24) is 0 Å². The van der Waals surface area contributed by atoms with Gasteiger partial charge in [-0.05, 0) is 24.6 Å². The van der Waals surface area contributed by atoms with E-state index in [9.17, 15) is 4.79 Å². The van der Waals surface area contributed by atoms with Crippen LogP contribution in [0.5, 0.6) is 11.5 Å². The summed E-state index contributed by atoms with van der Waals surface area (Å²) in [6, 6.07) is 13.5. The Bertz CT molecular complexity index is 632. The molecule has 2 aromatic carbocycles. The van der Waals surface area contributed by atoms with E-state index in [2.05, 4.69) is 6.07 Å². The molecule has 0 saturated heterocycles. The van der Waals surface area contributed by atoms with Crippen molar-refractivity contribution in [2.45, 2.75) is 26.9 Å². The van der Waals surface area contributed by atoms with Gasteiger partial charge in [-0.25, -0.2) is 0 Å². The first kappa shape index (κ1) is 15.1. The predicted molar refractivity (Wildman–Crippen MR) is 83.1 cm³/mol. The largest absolute Gasteiger partial charge is 0.493 e. The van der Waals surface area contributed by atoms with E-state index in [4.69, 9.17) is 9.47 Å². The van der Waals surface area contributed by atoms with Crippen LogP contribution in [0.4, 0.5) is 0 Å². The fourth-order valence-electron chi connectivity index (χ4n) is 2.19. The van der Waals surface area contributed by atoms with E-state index >= 15 is 0 Å². The molecule has 3 nitrogen and oxygen atoms in total. The van der Waals surface area contributed by atoms with E-state index in [1.165, 1.54) is 5.56 Å². The molecule has 3 heteroatoms. The number of benzene rings is 2. The second kappa shape index (κ2) is 6.93. The van der Waals surface area contributed by atoms with Gasteiger partial charge in [0, 0.05) is 6.42 Å². The average Bonchev–Trinajstić information content (AvgIpc) is 2.51. The zero-order valence-electron chi connectivity index (χ0n) is 12.7. The Hall–Kier alpha value is -2.29. The number of hydrogen-bond acceptors (Lipinski definition) is 3. The molecule has 0 bridgehead atoms. The van der Waals surface area contributed by atoms with Crippen molar-refractivity contribution < 1.29 is 14.3 Å². The van der Waals surface area contributed by atoms with E-state index in [0.717, 1.165) is 5.56 Å². The van der Waals surface area contributed by atoms with Crippen LogP contribution in [-0.2, 0) is 6.61 Å². The zero-order valence-corrected chi connectivity index (χ0v) is 12.7. The van der Waals surface area contributed by atoms with Gasteiger partial charge in [-0.1, -0.05) is 42.8 Å². The summed E-state index contributed by atoms with van der Waals surface area (Å²) in [7, 11) is 1.58. The molecule has 21 heavy (non-hydrogen) atoms. The van der Waals surface area contributed by atoms with Crippen molar-refractivity contribution in [3.05, 3.63) is 59.2 Å². The maximum Gasteiger partial charge on any atom is 0.172 e. The molecule has 110 valence electrons. The van der Waals surface area contributed by atoms with Gasteiger partial charge >= 0.3 is 0 Å². The summed E-state index contributed by atoms with van der Waals surface area (Å²) < 4.78 is 11.2. The number of methoxy groups -OCH3 is 1. The van der Waals surface area contributed by atoms with Crippen molar-refractivity contribution in [3.8, 4) is 11.5 Å². The van der Waals surface area contributed by atoms with Gasteiger partial charge in [0.15, 0.2) is 17.3 Å². The fourth-order valence-corrected chi connectivity index (χ4v) is 2.19. The molecule has 0 saturated carbocycles. The molecule has 0 aliphatic carbocycles. The Morgan fingerprint density at radius 2 is 1.90 bits per heavy atom. The van der Waals surface area contributed by atoms with Crippen LogP contribution in [0, 0.1) is 6.92 Å². The maximum absolute atomic E-state index is 12.0. The highest BCUT2D eigenvalue weighted by Gasteiger charge is 2.15. The third-order valence-corrected chi connectivity index (χ3v) is 3.29. The molecular formula is C18H20O3. The Kier molecular flexibility index (Phi) is 4.99. The lowest BCUT2D eigenvalue weighted by Crippen LogP contribution is -2.05. The molecule has 0 atom stereocenters. The first-order valence-corrected chi connectivity index (χ1v) is 7.04. The highest BCUT2D eigenvalue weighted by Crippen LogP contribution is 2.32. The van der Waals surface area contributed by atoms with Crippen molar-refractivity contribution in [1.29, 1.82) is 0 Å². The Morgan fingerprint density at radius 1 is 1.14 bits per heavy atom. The minimum Gasteiger partial charge on any atom is -0.493 e. The number of aryl methyl sites for hydroxylation is 1. The molecule has 0 unspecified atom stereocenters. The highest BCUT2D eigenvalue weighted by molar-refractivity contribution is 5.99.